The van der Waals surface area contributed by atoms with Crippen LogP contribution < -0.4 is 9.80 Å². The van der Waals surface area contributed by atoms with Crippen molar-refractivity contribution in [2.45, 2.75) is 19.5 Å². The Hall–Kier alpha value is -1.68. The van der Waals surface area contributed by atoms with Crippen molar-refractivity contribution in [2.24, 2.45) is 7.05 Å². The van der Waals surface area contributed by atoms with Gasteiger partial charge in [0.15, 0.2) is 0 Å². The van der Waals surface area contributed by atoms with Gasteiger partial charge in [0.2, 0.25) is 0 Å². The molecule has 2 heterocycles. The Balaban J connectivity index is 0.00000100. The molecule has 2 aromatic rings. The lowest BCUT2D eigenvalue weighted by atomic mass is 9.98. The fraction of sp³-hybridized carbons (Fsp3) is 0.471. The normalized spacial score (nSPS) is 14.2. The number of nitrogens with zero attached hydrogens (tertiary/aromatic N) is 4. The van der Waals surface area contributed by atoms with Gasteiger partial charge in [-0.15, -0.1) is 0 Å². The third kappa shape index (κ3) is 3.54. The first-order chi connectivity index (χ1) is 11.3. The number of hydrogen-bond donors (Lipinski definition) is 0. The summed E-state index contributed by atoms with van der Waals surface area (Å²) in [6, 6.07) is 3.44. The molecule has 4 nitrogen and oxygen atoms in total. The van der Waals surface area contributed by atoms with Crippen LogP contribution in [0.3, 0.4) is 0 Å². The van der Waals surface area contributed by atoms with E-state index in [4.69, 9.17) is 0 Å². The van der Waals surface area contributed by atoms with Crippen molar-refractivity contribution in [1.82, 2.24) is 9.78 Å². The minimum absolute atomic E-state index is 0.00593. The minimum atomic E-state index is -2.99. The molecule has 0 N–H and O–H groups in total. The maximum atomic E-state index is 14.1. The lowest BCUT2D eigenvalue weighted by molar-refractivity contribution is 0.104. The highest BCUT2D eigenvalue weighted by Crippen LogP contribution is 2.46. The Morgan fingerprint density at radius 2 is 1.58 bits per heavy atom. The highest BCUT2D eigenvalue weighted by Gasteiger charge is 2.32. The van der Waals surface area contributed by atoms with Gasteiger partial charge in [-0.1, -0.05) is 23.1 Å². The highest BCUT2D eigenvalue weighted by molar-refractivity contribution is 7.17. The zero-order chi connectivity index (χ0) is 18.1. The van der Waals surface area contributed by atoms with Gasteiger partial charge < -0.3 is 9.80 Å². The van der Waals surface area contributed by atoms with Crippen molar-refractivity contribution in [3.05, 3.63) is 30.1 Å². The molecule has 24 heavy (non-hydrogen) atoms. The first-order valence-corrected chi connectivity index (χ1v) is 8.61. The van der Waals surface area contributed by atoms with E-state index in [0.29, 0.717) is 11.1 Å². The average Bonchev–Trinajstić information content (AvgIpc) is 2.97. The largest absolute Gasteiger partial charge is 0.371 e. The molecule has 0 aliphatic carbocycles. The third-order valence-corrected chi connectivity index (χ3v) is 4.39. The molecule has 0 amide bonds. The molecule has 0 radical (unpaired) electrons. The number of alkyl halides is 2. The molecule has 1 aromatic heterocycles. The molecule has 3 rings (SSSR count). The van der Waals surface area contributed by atoms with Crippen molar-refractivity contribution in [2.75, 3.05) is 37.0 Å². The first kappa shape index (κ1) is 18.7. The third-order valence-electron chi connectivity index (χ3n) is 4.08. The van der Waals surface area contributed by atoms with Crippen LogP contribution in [0.2, 0.25) is 0 Å². The van der Waals surface area contributed by atoms with Crippen LogP contribution >= 0.6 is 9.24 Å². The van der Waals surface area contributed by atoms with Crippen molar-refractivity contribution in [1.29, 1.82) is 0 Å². The maximum Gasteiger partial charge on any atom is 0.284 e. The Kier molecular flexibility index (Phi) is 5.49. The Morgan fingerprint density at radius 3 is 2.04 bits per heavy atom. The van der Waals surface area contributed by atoms with Gasteiger partial charge in [-0.3, -0.25) is 4.68 Å². The fourth-order valence-corrected chi connectivity index (χ4v) is 3.04. The van der Waals surface area contributed by atoms with Gasteiger partial charge in [0.1, 0.15) is 0 Å². The number of hydrogen-bond acceptors (Lipinski definition) is 3. The molecule has 7 heteroatoms. The van der Waals surface area contributed by atoms with Gasteiger partial charge in [0.25, 0.3) is 5.66 Å². The average molecular weight is 354 g/mol. The Bertz CT molecular complexity index is 709. The summed E-state index contributed by atoms with van der Waals surface area (Å²) in [5.41, 5.74) is 0.0328. The summed E-state index contributed by atoms with van der Waals surface area (Å²) in [4.78, 5) is 4.11. The smallest absolute Gasteiger partial charge is 0.284 e. The summed E-state index contributed by atoms with van der Waals surface area (Å²) in [5.74, 6) is 0. The van der Waals surface area contributed by atoms with Gasteiger partial charge in [0.05, 0.1) is 17.6 Å². The van der Waals surface area contributed by atoms with Crippen LogP contribution in [0.5, 0.6) is 0 Å². The standard InChI is InChI=1S/C15H19F2N4P.C2H6/c1-19-4-5-20(2)14-7-12(15(16,17)22)11(6-13(14)19)10-8-18-21(3)9-10;1-2/h6-9H,4-5,22H2,1-3H3;1-2H3. The maximum absolute atomic E-state index is 14.1. The second-order valence-corrected chi connectivity index (χ2v) is 6.48. The van der Waals surface area contributed by atoms with E-state index in [2.05, 4.69) is 10.00 Å². The van der Waals surface area contributed by atoms with E-state index < -0.39 is 5.66 Å². The number of likely N-dealkylation sites (N-methyl/N-ethyl adjacent to an activating group) is 2. The Labute approximate surface area is 144 Å². The minimum Gasteiger partial charge on any atom is -0.371 e. The molecule has 1 unspecified atom stereocenters. The molecule has 0 fully saturated rings. The van der Waals surface area contributed by atoms with Crippen LogP contribution in [0, 0.1) is 0 Å². The SMILES string of the molecule is CC.CN1CCN(C)c2cc(C(F)(F)P)c(-c3cnn(C)c3)cc21. The van der Waals surface area contributed by atoms with Gasteiger partial charge in [0, 0.05) is 51.6 Å². The summed E-state index contributed by atoms with van der Waals surface area (Å²) in [7, 11) is 7.33. The quantitative estimate of drug-likeness (QED) is 0.764. The number of rotatable bonds is 2. The molecule has 1 atom stereocenters. The Morgan fingerprint density at radius 1 is 1.04 bits per heavy atom. The number of anilines is 2. The van der Waals surface area contributed by atoms with Crippen LogP contribution in [0.4, 0.5) is 20.2 Å². The molecular weight excluding hydrogens is 329 g/mol. The van der Waals surface area contributed by atoms with Gasteiger partial charge in [-0.25, -0.2) is 0 Å². The predicted molar refractivity (Wildman–Crippen MR) is 100 cm³/mol. The number of aromatic nitrogens is 2. The lowest BCUT2D eigenvalue weighted by Crippen LogP contribution is -2.37. The first-order valence-electron chi connectivity index (χ1n) is 8.04. The van der Waals surface area contributed by atoms with E-state index >= 15 is 0 Å². The van der Waals surface area contributed by atoms with Gasteiger partial charge >= 0.3 is 0 Å². The molecule has 1 aliphatic rings. The van der Waals surface area contributed by atoms with Crippen LogP contribution in [0.1, 0.15) is 19.4 Å². The summed E-state index contributed by atoms with van der Waals surface area (Å²) in [6.07, 6.45) is 3.38. The molecule has 0 bridgehead atoms. The summed E-state index contributed by atoms with van der Waals surface area (Å²) >= 11 is 0. The highest BCUT2D eigenvalue weighted by atomic mass is 31.0. The fourth-order valence-electron chi connectivity index (χ4n) is 2.80. The molecule has 0 saturated heterocycles. The number of aryl methyl sites for hydroxylation is 1. The molecule has 0 saturated carbocycles. The second-order valence-electron chi connectivity index (χ2n) is 5.76. The number of benzene rings is 1. The van der Waals surface area contributed by atoms with Crippen molar-refractivity contribution in [3.63, 3.8) is 0 Å². The number of fused-ring (bicyclic) bond motifs is 1. The lowest BCUT2D eigenvalue weighted by Gasteiger charge is -2.36. The van der Waals surface area contributed by atoms with E-state index in [1.165, 1.54) is 0 Å². The summed E-state index contributed by atoms with van der Waals surface area (Å²) in [5, 5.41) is 4.10. The summed E-state index contributed by atoms with van der Waals surface area (Å²) in [6.45, 7) is 5.68. The van der Waals surface area contributed by atoms with E-state index in [1.807, 2.05) is 38.9 Å². The zero-order valence-electron chi connectivity index (χ0n) is 14.8. The monoisotopic (exact) mass is 354 g/mol. The van der Waals surface area contributed by atoms with Crippen LogP contribution in [0.15, 0.2) is 24.5 Å². The predicted octanol–water partition coefficient (Wildman–Crippen LogP) is 3.92. The van der Waals surface area contributed by atoms with E-state index in [1.54, 1.807) is 39.4 Å². The molecule has 1 aliphatic heterocycles. The van der Waals surface area contributed by atoms with Gasteiger partial charge in [-0.2, -0.15) is 13.9 Å². The molecular formula is C17H25F2N4P. The van der Waals surface area contributed by atoms with E-state index in [-0.39, 0.29) is 5.56 Å². The molecule has 0 spiro atoms. The van der Waals surface area contributed by atoms with Crippen LogP contribution in [0.25, 0.3) is 11.1 Å². The van der Waals surface area contributed by atoms with Crippen molar-refractivity contribution in [3.8, 4) is 11.1 Å². The second kappa shape index (κ2) is 7.06. The van der Waals surface area contributed by atoms with Crippen LogP contribution in [-0.4, -0.2) is 37.0 Å². The van der Waals surface area contributed by atoms with Crippen LogP contribution in [-0.2, 0) is 12.7 Å². The summed E-state index contributed by atoms with van der Waals surface area (Å²) < 4.78 is 29.8. The molecule has 1 aromatic carbocycles. The zero-order valence-corrected chi connectivity index (χ0v) is 16.0. The van der Waals surface area contributed by atoms with E-state index in [9.17, 15) is 8.78 Å². The van der Waals surface area contributed by atoms with Crippen molar-refractivity contribution < 1.29 is 8.78 Å². The van der Waals surface area contributed by atoms with E-state index in [0.717, 1.165) is 24.5 Å². The molecule has 132 valence electrons. The van der Waals surface area contributed by atoms with Gasteiger partial charge in [-0.05, 0) is 17.7 Å². The van der Waals surface area contributed by atoms with Crippen molar-refractivity contribution >= 4 is 20.6 Å². The number of halogens is 2. The topological polar surface area (TPSA) is 24.3 Å².